The average Bonchev–Trinajstić information content (AvgIpc) is 3.70. The Balaban J connectivity index is 1.41. The van der Waals surface area contributed by atoms with Gasteiger partial charge in [0.1, 0.15) is 0 Å². The average molecular weight is 661 g/mol. The molecule has 1 heterocycles. The molecule has 0 amide bonds. The van der Waals surface area contributed by atoms with Crippen LogP contribution in [0.4, 0.5) is 17.1 Å². The molecule has 0 spiro atoms. The van der Waals surface area contributed by atoms with Gasteiger partial charge < -0.3 is 9.47 Å². The van der Waals surface area contributed by atoms with Crippen molar-refractivity contribution in [3.63, 3.8) is 0 Å². The van der Waals surface area contributed by atoms with Gasteiger partial charge in [-0.25, -0.2) is 0 Å². The molecule has 0 bridgehead atoms. The molecule has 0 saturated carbocycles. The first-order chi connectivity index (χ1) is 34.0. The smallest absolute Gasteiger partial charge is 0.0651 e. The number of hydrogen-bond donors (Lipinski definition) is 0. The summed E-state index contributed by atoms with van der Waals surface area (Å²) < 4.78 is 198. The van der Waals surface area contributed by atoms with Crippen LogP contribution in [0.5, 0.6) is 0 Å². The van der Waals surface area contributed by atoms with E-state index in [2.05, 4.69) is 0 Å². The molecule has 2 heteroatoms. The Hall–Kier alpha value is -6.64. The van der Waals surface area contributed by atoms with E-state index in [0.717, 1.165) is 16.6 Å². The monoisotopic (exact) mass is 660 g/mol. The summed E-state index contributed by atoms with van der Waals surface area (Å²) in [5.41, 5.74) is -3.56. The van der Waals surface area contributed by atoms with Gasteiger partial charge in [-0.3, -0.25) is 0 Å². The normalized spacial score (nSPS) is 17.4. The van der Waals surface area contributed by atoms with E-state index in [4.69, 9.17) is 13.7 Å². The van der Waals surface area contributed by atoms with Gasteiger partial charge in [0.15, 0.2) is 0 Å². The molecule has 50 heavy (non-hydrogen) atoms. The summed E-state index contributed by atoms with van der Waals surface area (Å²) in [4.78, 5) is 0.546. The summed E-state index contributed by atoms with van der Waals surface area (Å²) in [5, 5.41) is 1.39. The van der Waals surface area contributed by atoms with Crippen molar-refractivity contribution in [2.75, 3.05) is 4.90 Å². The number of benzene rings is 8. The summed E-state index contributed by atoms with van der Waals surface area (Å²) in [5.74, 6) is 0. The molecule has 9 rings (SSSR count). The maximum Gasteiger partial charge on any atom is 0.0651 e. The molecule has 0 atom stereocenters. The Morgan fingerprint density at radius 3 is 1.56 bits per heavy atom. The van der Waals surface area contributed by atoms with Gasteiger partial charge in [0.05, 0.1) is 41.2 Å². The van der Waals surface area contributed by atoms with Crippen molar-refractivity contribution in [3.8, 4) is 39.1 Å². The molecule has 0 unspecified atom stereocenters. The van der Waals surface area contributed by atoms with E-state index in [0.29, 0.717) is 15.8 Å². The first kappa shape index (κ1) is 14.5. The quantitative estimate of drug-likeness (QED) is 0.165. The molecule has 9 aromatic rings. The minimum Gasteiger partial charge on any atom is -0.310 e. The third-order valence-electron chi connectivity index (χ3n) is 7.98. The SMILES string of the molecule is [2H]c1c([2H])c([2H])c(-c2c([2H])c([2H])c(N(c3c([2H])c([2H])c(-c4c([2H])c([2H])c([2H])c([2H])c4[2H])c([2H])c3[2H])c3c([2H])c([2H])c([2H])c(-c4ccc5c(c4)c4ccccc4n5-c4ccccc4)c3[2H])c([2H])c2[2H])c([2H])c1[2H]. The van der Waals surface area contributed by atoms with Gasteiger partial charge in [-0.1, -0.05) is 139 Å². The van der Waals surface area contributed by atoms with E-state index in [1.54, 1.807) is 18.2 Å². The number of nitrogens with zero attached hydrogens (tertiary/aromatic N) is 2. The number of anilines is 3. The fraction of sp³-hybridized carbons (Fsp3) is 0. The summed E-state index contributed by atoms with van der Waals surface area (Å²) in [6.07, 6.45) is 0. The van der Waals surface area contributed by atoms with Gasteiger partial charge in [0.25, 0.3) is 0 Å². The lowest BCUT2D eigenvalue weighted by Gasteiger charge is -2.26. The van der Waals surface area contributed by atoms with Crippen molar-refractivity contribution in [2.24, 2.45) is 0 Å². The standard InChI is InChI=1S/C48H34N2/c1-4-13-35(14-5-1)37-23-28-42(29-24-37)49(43-30-25-38(26-31-43)36-15-6-2-7-16-36)44-20-12-17-39(33-44)40-27-32-48-46(34-40)45-21-10-11-22-47(45)50(48)41-18-8-3-9-19-41/h1-34H/i1D,2D,4D,5D,6D,7D,12D,13D,14D,15D,16D,17D,20D,23D,24D,25D,26D,28D,29D,30D,31D,33D. The maximum atomic E-state index is 9.88. The molecular weight excluding hydrogens is 605 g/mol. The zero-order valence-electron chi connectivity index (χ0n) is 47.8. The van der Waals surface area contributed by atoms with Gasteiger partial charge >= 0.3 is 0 Å². The number of para-hydroxylation sites is 2. The Kier molecular flexibility index (Phi) is 3.69. The van der Waals surface area contributed by atoms with Crippen LogP contribution in [-0.4, -0.2) is 4.57 Å². The third-order valence-corrected chi connectivity index (χ3v) is 7.98. The highest BCUT2D eigenvalue weighted by Crippen LogP contribution is 2.40. The fourth-order valence-electron chi connectivity index (χ4n) is 5.74. The Labute approximate surface area is 323 Å². The summed E-state index contributed by atoms with van der Waals surface area (Å²) in [7, 11) is 0. The van der Waals surface area contributed by atoms with Gasteiger partial charge in [0.2, 0.25) is 0 Å². The number of aromatic nitrogens is 1. The zero-order valence-corrected chi connectivity index (χ0v) is 25.8. The van der Waals surface area contributed by atoms with E-state index in [1.165, 1.54) is 0 Å². The van der Waals surface area contributed by atoms with Crippen LogP contribution in [0.2, 0.25) is 0 Å². The van der Waals surface area contributed by atoms with Gasteiger partial charge in [-0.15, -0.1) is 0 Å². The first-order valence-electron chi connectivity index (χ1n) is 26.3. The van der Waals surface area contributed by atoms with Crippen molar-refractivity contribution in [1.29, 1.82) is 0 Å². The van der Waals surface area contributed by atoms with E-state index in [1.807, 2.05) is 59.2 Å². The lowest BCUT2D eigenvalue weighted by atomic mass is 10.0. The highest BCUT2D eigenvalue weighted by Gasteiger charge is 2.16. The van der Waals surface area contributed by atoms with Gasteiger partial charge in [-0.05, 0) is 100.0 Å². The third kappa shape index (κ3) is 5.43. The van der Waals surface area contributed by atoms with E-state index < -0.39 is 172 Å². The Bertz CT molecular complexity index is 3600. The molecule has 0 fully saturated rings. The zero-order chi connectivity index (χ0) is 52.4. The molecule has 2 nitrogen and oxygen atoms in total. The maximum absolute atomic E-state index is 9.88. The predicted molar refractivity (Wildman–Crippen MR) is 212 cm³/mol. The van der Waals surface area contributed by atoms with Crippen molar-refractivity contribution < 1.29 is 30.2 Å². The van der Waals surface area contributed by atoms with Crippen LogP contribution in [0.25, 0.3) is 60.9 Å². The minimum absolute atomic E-state index is 0.148. The van der Waals surface area contributed by atoms with Crippen LogP contribution in [0.15, 0.2) is 206 Å². The van der Waals surface area contributed by atoms with Gasteiger partial charge in [-0.2, -0.15) is 0 Å². The second-order valence-electron chi connectivity index (χ2n) is 10.9. The summed E-state index contributed by atoms with van der Waals surface area (Å²) in [6, 6.07) is 1.46. The second kappa shape index (κ2) is 12.8. The largest absolute Gasteiger partial charge is 0.310 e. The molecule has 0 aliphatic rings. The molecule has 0 aliphatic heterocycles. The topological polar surface area (TPSA) is 8.17 Å². The van der Waals surface area contributed by atoms with E-state index >= 15 is 0 Å². The van der Waals surface area contributed by atoms with E-state index in [9.17, 15) is 16.4 Å². The van der Waals surface area contributed by atoms with Gasteiger partial charge in [0, 0.05) is 33.5 Å². The van der Waals surface area contributed by atoms with Crippen LogP contribution >= 0.6 is 0 Å². The lowest BCUT2D eigenvalue weighted by Crippen LogP contribution is -2.10. The highest BCUT2D eigenvalue weighted by atomic mass is 15.1. The number of rotatable bonds is 7. The Morgan fingerprint density at radius 1 is 0.380 bits per heavy atom. The van der Waals surface area contributed by atoms with Crippen LogP contribution < -0.4 is 4.90 Å². The molecule has 0 aliphatic carbocycles. The minimum atomic E-state index is -1.10. The summed E-state index contributed by atoms with van der Waals surface area (Å²) >= 11 is 0. The number of hydrogen-bond acceptors (Lipinski definition) is 1. The molecule has 0 radical (unpaired) electrons. The molecule has 0 saturated heterocycles. The fourth-order valence-corrected chi connectivity index (χ4v) is 5.74. The van der Waals surface area contributed by atoms with Crippen LogP contribution in [0.3, 0.4) is 0 Å². The Morgan fingerprint density at radius 2 is 0.920 bits per heavy atom. The lowest BCUT2D eigenvalue weighted by molar-refractivity contribution is 1.18. The van der Waals surface area contributed by atoms with Crippen LogP contribution in [0, 0.1) is 0 Å². The van der Waals surface area contributed by atoms with Crippen molar-refractivity contribution in [3.05, 3.63) is 206 Å². The van der Waals surface area contributed by atoms with Crippen molar-refractivity contribution in [1.82, 2.24) is 4.57 Å². The van der Waals surface area contributed by atoms with E-state index in [-0.39, 0.29) is 11.1 Å². The molecule has 236 valence electrons. The molecular formula is C48H34N2. The highest BCUT2D eigenvalue weighted by molar-refractivity contribution is 6.10. The predicted octanol–water partition coefficient (Wildman–Crippen LogP) is 13.3. The van der Waals surface area contributed by atoms with Crippen molar-refractivity contribution >= 4 is 38.9 Å². The summed E-state index contributed by atoms with van der Waals surface area (Å²) in [6.45, 7) is 0. The molecule has 1 aromatic heterocycles. The van der Waals surface area contributed by atoms with Crippen LogP contribution in [0.1, 0.15) is 30.2 Å². The molecule has 8 aromatic carbocycles. The first-order valence-corrected chi connectivity index (χ1v) is 15.3. The molecule has 0 N–H and O–H groups in total. The number of fused-ring (bicyclic) bond motifs is 3. The van der Waals surface area contributed by atoms with Crippen molar-refractivity contribution in [2.45, 2.75) is 0 Å². The second-order valence-corrected chi connectivity index (χ2v) is 10.9. The van der Waals surface area contributed by atoms with Crippen LogP contribution in [-0.2, 0) is 0 Å².